The molecular formula is C26H44ClIN4Si2. The van der Waals surface area contributed by atoms with Gasteiger partial charge in [-0.15, -0.1) is 24.0 Å². The fraction of sp³-hybridized carbons (Fsp3) is 0.615. The van der Waals surface area contributed by atoms with Crippen molar-refractivity contribution in [2.75, 3.05) is 27.2 Å². The molecule has 4 heterocycles. The molecule has 0 aromatic carbocycles. The SMILES string of the molecule is CN1CCC[C@H]1c1cnc(Cl)cc1[Si](C)(C)C.CN1CCC[C@H]1c1cnccc1[Si](C)(C)C.I. The summed E-state index contributed by atoms with van der Waals surface area (Å²) in [4.78, 5) is 13.5. The van der Waals surface area contributed by atoms with Crippen LogP contribution in [0.3, 0.4) is 0 Å². The zero-order chi connectivity index (χ0) is 24.4. The highest BCUT2D eigenvalue weighted by Crippen LogP contribution is 2.31. The molecule has 2 aliphatic heterocycles. The maximum absolute atomic E-state index is 6.06. The second-order valence-electron chi connectivity index (χ2n) is 11.8. The van der Waals surface area contributed by atoms with Crippen LogP contribution >= 0.6 is 35.6 Å². The van der Waals surface area contributed by atoms with Crippen LogP contribution in [-0.4, -0.2) is 63.1 Å². The summed E-state index contributed by atoms with van der Waals surface area (Å²) in [5, 5.41) is 3.68. The molecule has 0 aliphatic carbocycles. The lowest BCUT2D eigenvalue weighted by molar-refractivity contribution is 0.318. The highest BCUT2D eigenvalue weighted by Gasteiger charge is 2.30. The topological polar surface area (TPSA) is 32.3 Å². The first-order valence-electron chi connectivity index (χ1n) is 12.4. The molecule has 2 aromatic heterocycles. The van der Waals surface area contributed by atoms with E-state index in [-0.39, 0.29) is 24.0 Å². The minimum absolute atomic E-state index is 0. The zero-order valence-electron chi connectivity index (χ0n) is 22.4. The van der Waals surface area contributed by atoms with Crippen LogP contribution in [0.1, 0.15) is 48.9 Å². The van der Waals surface area contributed by atoms with Crippen LogP contribution in [0.25, 0.3) is 0 Å². The van der Waals surface area contributed by atoms with Gasteiger partial charge < -0.3 is 0 Å². The quantitative estimate of drug-likeness (QED) is 0.234. The number of likely N-dealkylation sites (tertiary alicyclic amines) is 2. The molecule has 2 aliphatic rings. The van der Waals surface area contributed by atoms with Gasteiger partial charge in [-0.2, -0.15) is 0 Å². The van der Waals surface area contributed by atoms with Crippen molar-refractivity contribution in [1.29, 1.82) is 0 Å². The largest absolute Gasteiger partial charge is 0.299 e. The van der Waals surface area contributed by atoms with Crippen LogP contribution in [0, 0.1) is 0 Å². The maximum Gasteiger partial charge on any atom is 0.128 e. The van der Waals surface area contributed by atoms with Crippen molar-refractivity contribution in [2.24, 2.45) is 0 Å². The third-order valence-corrected chi connectivity index (χ3v) is 11.5. The van der Waals surface area contributed by atoms with Gasteiger partial charge in [-0.25, -0.2) is 4.98 Å². The zero-order valence-corrected chi connectivity index (χ0v) is 27.4. The molecule has 0 unspecified atom stereocenters. The van der Waals surface area contributed by atoms with Gasteiger partial charge >= 0.3 is 0 Å². The number of aromatic nitrogens is 2. The van der Waals surface area contributed by atoms with Gasteiger partial charge in [0.2, 0.25) is 0 Å². The molecule has 4 rings (SSSR count). The monoisotopic (exact) mass is 630 g/mol. The lowest BCUT2D eigenvalue weighted by Crippen LogP contribution is -2.42. The second kappa shape index (κ2) is 12.3. The molecule has 8 heteroatoms. The summed E-state index contributed by atoms with van der Waals surface area (Å²) in [5.74, 6) is 0. The average Bonchev–Trinajstić information content (AvgIpc) is 3.35. The summed E-state index contributed by atoms with van der Waals surface area (Å²) >= 11 is 6.06. The van der Waals surface area contributed by atoms with E-state index in [0.717, 1.165) is 0 Å². The lowest BCUT2D eigenvalue weighted by Gasteiger charge is -2.27. The Balaban J connectivity index is 0.000000234. The molecule has 0 spiro atoms. The van der Waals surface area contributed by atoms with E-state index in [1.165, 1.54) is 55.1 Å². The van der Waals surface area contributed by atoms with Gasteiger partial charge in [-0.05, 0) is 76.1 Å². The second-order valence-corrected chi connectivity index (χ2v) is 22.3. The van der Waals surface area contributed by atoms with Crippen LogP contribution in [0.4, 0.5) is 0 Å². The number of halogens is 2. The van der Waals surface area contributed by atoms with E-state index in [1.54, 1.807) is 5.19 Å². The van der Waals surface area contributed by atoms with Crippen LogP contribution in [-0.2, 0) is 0 Å². The Morgan fingerprint density at radius 1 is 0.824 bits per heavy atom. The fourth-order valence-corrected chi connectivity index (χ4v) is 8.91. The highest BCUT2D eigenvalue weighted by molar-refractivity contribution is 14.0. The number of nitrogens with zero attached hydrogens (tertiary/aromatic N) is 4. The summed E-state index contributed by atoms with van der Waals surface area (Å²) in [6.07, 6.45) is 11.2. The van der Waals surface area contributed by atoms with Crippen LogP contribution < -0.4 is 10.4 Å². The van der Waals surface area contributed by atoms with Crippen LogP contribution in [0.2, 0.25) is 44.4 Å². The summed E-state index contributed by atoms with van der Waals surface area (Å²) in [5.41, 5.74) is 2.90. The van der Waals surface area contributed by atoms with E-state index in [1.807, 2.05) is 12.4 Å². The van der Waals surface area contributed by atoms with E-state index >= 15 is 0 Å². The maximum atomic E-state index is 6.06. The van der Waals surface area contributed by atoms with Crippen molar-refractivity contribution in [1.82, 2.24) is 19.8 Å². The fourth-order valence-electron chi connectivity index (χ4n) is 5.32. The number of hydrogen-bond acceptors (Lipinski definition) is 4. The molecular weight excluding hydrogens is 587 g/mol. The summed E-state index contributed by atoms with van der Waals surface area (Å²) < 4.78 is 0. The molecule has 2 atom stereocenters. The van der Waals surface area contributed by atoms with E-state index in [0.29, 0.717) is 17.2 Å². The molecule has 2 fully saturated rings. The number of rotatable bonds is 4. The van der Waals surface area contributed by atoms with E-state index in [2.05, 4.69) is 91.5 Å². The summed E-state index contributed by atoms with van der Waals surface area (Å²) in [7, 11) is 1.84. The Morgan fingerprint density at radius 2 is 1.32 bits per heavy atom. The van der Waals surface area contributed by atoms with Gasteiger partial charge in [0.1, 0.15) is 5.15 Å². The summed E-state index contributed by atoms with van der Waals surface area (Å²) in [6, 6.07) is 5.49. The standard InChI is InChI=1S/C13H21ClN2Si.C13H22N2Si.HI/c1-16-7-5-6-11(16)10-9-15-13(14)8-12(10)17(2,3)4;1-15-9-5-6-12(15)11-10-14-8-7-13(11)16(2,3)4;/h8-9,11H,5-7H2,1-4H3;7-8,10,12H,5-6,9H2,1-4H3;1H/t11-;12-;/m00./s1. The van der Waals surface area contributed by atoms with Gasteiger partial charge in [-0.3, -0.25) is 14.8 Å². The van der Waals surface area contributed by atoms with Gasteiger partial charge in [0, 0.05) is 30.7 Å². The Kier molecular flexibility index (Phi) is 10.8. The van der Waals surface area contributed by atoms with Gasteiger partial charge in [0.15, 0.2) is 0 Å². The van der Waals surface area contributed by atoms with Crippen LogP contribution in [0.15, 0.2) is 30.7 Å². The minimum Gasteiger partial charge on any atom is -0.299 e. The van der Waals surface area contributed by atoms with E-state index in [9.17, 15) is 0 Å². The predicted octanol–water partition coefficient (Wildman–Crippen LogP) is 6.06. The molecule has 4 nitrogen and oxygen atoms in total. The molecule has 190 valence electrons. The minimum atomic E-state index is -1.36. The Bertz CT molecular complexity index is 945. The van der Waals surface area contributed by atoms with Gasteiger partial charge in [0.25, 0.3) is 0 Å². The highest BCUT2D eigenvalue weighted by atomic mass is 127. The Hall–Kier alpha value is -0.326. The van der Waals surface area contributed by atoms with Crippen molar-refractivity contribution >= 4 is 62.1 Å². The molecule has 2 aromatic rings. The smallest absolute Gasteiger partial charge is 0.128 e. The van der Waals surface area contributed by atoms with Crippen LogP contribution in [0.5, 0.6) is 0 Å². The van der Waals surface area contributed by atoms with E-state index in [4.69, 9.17) is 11.6 Å². The molecule has 2 saturated heterocycles. The normalized spacial score (nSPS) is 21.7. The first-order chi connectivity index (χ1) is 15.4. The van der Waals surface area contributed by atoms with E-state index < -0.39 is 16.1 Å². The molecule has 0 amide bonds. The lowest BCUT2D eigenvalue weighted by atomic mass is 10.1. The Labute approximate surface area is 231 Å². The third kappa shape index (κ3) is 7.35. The van der Waals surface area contributed by atoms with Crippen molar-refractivity contribution in [2.45, 2.75) is 77.0 Å². The summed E-state index contributed by atoms with van der Waals surface area (Å²) in [6.45, 7) is 16.8. The first kappa shape index (κ1) is 29.9. The Morgan fingerprint density at radius 3 is 1.76 bits per heavy atom. The number of hydrogen-bond donors (Lipinski definition) is 0. The predicted molar refractivity (Wildman–Crippen MR) is 164 cm³/mol. The van der Waals surface area contributed by atoms with Crippen molar-refractivity contribution in [3.63, 3.8) is 0 Å². The van der Waals surface area contributed by atoms with Crippen molar-refractivity contribution in [3.05, 3.63) is 47.0 Å². The third-order valence-electron chi connectivity index (χ3n) is 7.13. The molecule has 0 radical (unpaired) electrons. The van der Waals surface area contributed by atoms with Gasteiger partial charge in [0.05, 0.1) is 16.1 Å². The molecule has 0 saturated carbocycles. The first-order valence-corrected chi connectivity index (χ1v) is 19.8. The van der Waals surface area contributed by atoms with Gasteiger partial charge in [-0.1, -0.05) is 61.3 Å². The van der Waals surface area contributed by atoms with Crippen molar-refractivity contribution < 1.29 is 0 Å². The van der Waals surface area contributed by atoms with Crippen molar-refractivity contribution in [3.8, 4) is 0 Å². The molecule has 0 bridgehead atoms. The number of pyridine rings is 2. The average molecular weight is 631 g/mol. The molecule has 34 heavy (non-hydrogen) atoms. The molecule has 0 N–H and O–H groups in total.